The maximum Gasteiger partial charge on any atom is 0.224 e. The molecule has 0 saturated carbocycles. The van der Waals surface area contributed by atoms with E-state index in [1.807, 2.05) is 30.3 Å². The average Bonchev–Trinajstić information content (AvgIpc) is 2.91. The molecule has 150 valence electrons. The Labute approximate surface area is 169 Å². The number of carbonyl (C=O) groups is 1. The summed E-state index contributed by atoms with van der Waals surface area (Å²) in [5.74, 6) is 2.70. The molecular weight excluding hydrogens is 366 g/mol. The summed E-state index contributed by atoms with van der Waals surface area (Å²) in [6.45, 7) is 2.18. The number of hydrogen-bond donors (Lipinski definition) is 1. The van der Waals surface area contributed by atoms with Gasteiger partial charge in [-0.2, -0.15) is 0 Å². The van der Waals surface area contributed by atoms with Crippen LogP contribution in [0.4, 0.5) is 5.69 Å². The van der Waals surface area contributed by atoms with Gasteiger partial charge >= 0.3 is 0 Å². The van der Waals surface area contributed by atoms with Crippen LogP contribution in [0.1, 0.15) is 37.1 Å². The largest absolute Gasteiger partial charge is 0.486 e. The van der Waals surface area contributed by atoms with E-state index >= 15 is 0 Å². The fourth-order valence-corrected chi connectivity index (χ4v) is 4.15. The molecule has 1 aromatic heterocycles. The molecule has 5 rings (SSSR count). The first-order valence-electron chi connectivity index (χ1n) is 10.4. The fourth-order valence-electron chi connectivity index (χ4n) is 4.15. The molecule has 0 spiro atoms. The minimum Gasteiger partial charge on any atom is -0.486 e. The van der Waals surface area contributed by atoms with Crippen molar-refractivity contribution in [3.8, 4) is 11.5 Å². The Balaban J connectivity index is 1.24. The molecule has 0 fully saturated rings. The number of nitrogens with zero attached hydrogens (tertiary/aromatic N) is 2. The van der Waals surface area contributed by atoms with Crippen molar-refractivity contribution in [3.05, 3.63) is 47.8 Å². The lowest BCUT2D eigenvalue weighted by Crippen LogP contribution is -2.15. The first-order valence-corrected chi connectivity index (χ1v) is 10.4. The Bertz CT molecular complexity index is 1060. The lowest BCUT2D eigenvalue weighted by molar-refractivity contribution is -0.116. The van der Waals surface area contributed by atoms with Gasteiger partial charge in [-0.3, -0.25) is 4.79 Å². The number of amides is 1. The first kappa shape index (κ1) is 18.0. The summed E-state index contributed by atoms with van der Waals surface area (Å²) in [4.78, 5) is 17.3. The third kappa shape index (κ3) is 3.79. The normalized spacial score (nSPS) is 15.6. The van der Waals surface area contributed by atoms with Gasteiger partial charge in [0.2, 0.25) is 5.91 Å². The van der Waals surface area contributed by atoms with Gasteiger partial charge in [-0.05, 0) is 55.2 Å². The highest BCUT2D eigenvalue weighted by atomic mass is 16.6. The zero-order valence-electron chi connectivity index (χ0n) is 16.4. The monoisotopic (exact) mass is 391 g/mol. The molecule has 2 aromatic carbocycles. The van der Waals surface area contributed by atoms with Crippen LogP contribution in [0.25, 0.3) is 11.0 Å². The number of hydrogen-bond acceptors (Lipinski definition) is 4. The maximum absolute atomic E-state index is 12.5. The Morgan fingerprint density at radius 3 is 2.86 bits per heavy atom. The molecule has 0 atom stereocenters. The summed E-state index contributed by atoms with van der Waals surface area (Å²) in [6, 6.07) is 11.9. The summed E-state index contributed by atoms with van der Waals surface area (Å²) in [5.41, 5.74) is 4.00. The molecule has 0 aliphatic carbocycles. The van der Waals surface area contributed by atoms with E-state index in [1.165, 1.54) is 25.1 Å². The van der Waals surface area contributed by atoms with E-state index in [9.17, 15) is 4.79 Å². The highest BCUT2D eigenvalue weighted by Gasteiger charge is 2.15. The van der Waals surface area contributed by atoms with Crippen molar-refractivity contribution in [2.24, 2.45) is 0 Å². The second-order valence-corrected chi connectivity index (χ2v) is 7.72. The van der Waals surface area contributed by atoms with E-state index in [-0.39, 0.29) is 5.91 Å². The molecule has 3 aromatic rings. The smallest absolute Gasteiger partial charge is 0.224 e. The fraction of sp³-hybridized carbons (Fsp3) is 0.391. The molecule has 2 aliphatic rings. The van der Waals surface area contributed by atoms with Crippen LogP contribution >= 0.6 is 0 Å². The van der Waals surface area contributed by atoms with E-state index in [0.717, 1.165) is 46.7 Å². The minimum absolute atomic E-state index is 0.0000107. The molecule has 1 N–H and O–H groups in total. The number of anilines is 1. The summed E-state index contributed by atoms with van der Waals surface area (Å²) in [5, 5.41) is 3.02. The van der Waals surface area contributed by atoms with Crippen LogP contribution in [-0.4, -0.2) is 28.7 Å². The molecule has 2 aliphatic heterocycles. The van der Waals surface area contributed by atoms with Gasteiger partial charge in [0.25, 0.3) is 0 Å². The quantitative estimate of drug-likeness (QED) is 0.727. The highest BCUT2D eigenvalue weighted by Crippen LogP contribution is 2.31. The minimum atomic E-state index is 0.0000107. The molecule has 0 saturated heterocycles. The van der Waals surface area contributed by atoms with Crippen LogP contribution in [0.15, 0.2) is 36.4 Å². The number of fused-ring (bicyclic) bond motifs is 4. The molecular formula is C23H25N3O3. The number of benzene rings is 2. The van der Waals surface area contributed by atoms with Crippen LogP contribution in [0.5, 0.6) is 11.5 Å². The van der Waals surface area contributed by atoms with E-state index in [4.69, 9.17) is 14.5 Å². The van der Waals surface area contributed by atoms with Gasteiger partial charge in [-0.1, -0.05) is 12.5 Å². The van der Waals surface area contributed by atoms with E-state index in [0.29, 0.717) is 26.1 Å². The number of carbonyl (C=O) groups excluding carboxylic acids is 1. The number of aryl methyl sites for hydroxylation is 3. The third-order valence-corrected chi connectivity index (χ3v) is 5.64. The predicted octanol–water partition coefficient (Wildman–Crippen LogP) is 4.11. The topological polar surface area (TPSA) is 65.4 Å². The van der Waals surface area contributed by atoms with Crippen LogP contribution in [0.2, 0.25) is 0 Å². The van der Waals surface area contributed by atoms with Crippen LogP contribution in [0.3, 0.4) is 0 Å². The Hall–Kier alpha value is -3.02. The second-order valence-electron chi connectivity index (χ2n) is 7.72. The zero-order chi connectivity index (χ0) is 19.6. The van der Waals surface area contributed by atoms with E-state index in [1.54, 1.807) is 0 Å². The van der Waals surface area contributed by atoms with Gasteiger partial charge in [0.1, 0.15) is 19.0 Å². The summed E-state index contributed by atoms with van der Waals surface area (Å²) in [7, 11) is 0. The number of aromatic nitrogens is 2. The molecule has 0 bridgehead atoms. The van der Waals surface area contributed by atoms with Crippen molar-refractivity contribution >= 4 is 22.6 Å². The third-order valence-electron chi connectivity index (χ3n) is 5.64. The predicted molar refractivity (Wildman–Crippen MR) is 112 cm³/mol. The van der Waals surface area contributed by atoms with Gasteiger partial charge < -0.3 is 19.4 Å². The van der Waals surface area contributed by atoms with Gasteiger partial charge in [0.05, 0.1) is 11.0 Å². The Morgan fingerprint density at radius 2 is 1.93 bits per heavy atom. The highest BCUT2D eigenvalue weighted by molar-refractivity contribution is 5.93. The number of imidazole rings is 1. The van der Waals surface area contributed by atoms with Gasteiger partial charge in [0.15, 0.2) is 11.5 Å². The lowest BCUT2D eigenvalue weighted by Gasteiger charge is -2.18. The Kier molecular flexibility index (Phi) is 4.84. The number of rotatable bonds is 4. The number of ether oxygens (including phenoxy) is 2. The molecule has 0 radical (unpaired) electrons. The van der Waals surface area contributed by atoms with Crippen molar-refractivity contribution in [3.63, 3.8) is 0 Å². The van der Waals surface area contributed by atoms with Gasteiger partial charge in [0, 0.05) is 25.1 Å². The average molecular weight is 391 g/mol. The van der Waals surface area contributed by atoms with Crippen molar-refractivity contribution in [1.29, 1.82) is 0 Å². The summed E-state index contributed by atoms with van der Waals surface area (Å²) >= 11 is 0. The van der Waals surface area contributed by atoms with E-state index < -0.39 is 0 Å². The van der Waals surface area contributed by atoms with Crippen LogP contribution < -0.4 is 14.8 Å². The van der Waals surface area contributed by atoms with Crippen molar-refractivity contribution in [2.75, 3.05) is 18.5 Å². The van der Waals surface area contributed by atoms with Crippen LogP contribution in [0, 0.1) is 0 Å². The summed E-state index contributed by atoms with van der Waals surface area (Å²) in [6.07, 6.45) is 5.78. The van der Waals surface area contributed by atoms with Crippen LogP contribution in [-0.2, 0) is 24.2 Å². The second kappa shape index (κ2) is 7.78. The van der Waals surface area contributed by atoms with Gasteiger partial charge in [-0.25, -0.2) is 4.98 Å². The molecule has 29 heavy (non-hydrogen) atoms. The molecule has 6 heteroatoms. The Morgan fingerprint density at radius 1 is 1.03 bits per heavy atom. The standard InChI is InChI=1S/C23H25N3O3/c27-23(10-6-16-5-9-20-21(14-16)29-13-12-28-20)24-17-7-8-19-18(15-17)25-22-4-2-1-3-11-26(19)22/h5,7-9,14-15H,1-4,6,10-13H2,(H,24,27). The number of nitrogens with one attached hydrogen (secondary N) is 1. The van der Waals surface area contributed by atoms with Gasteiger partial charge in [-0.15, -0.1) is 0 Å². The lowest BCUT2D eigenvalue weighted by atomic mass is 10.1. The SMILES string of the molecule is O=C(CCc1ccc2c(c1)OCCO2)Nc1ccc2c(c1)nc1n2CCCCC1. The molecule has 3 heterocycles. The van der Waals surface area contributed by atoms with E-state index in [2.05, 4.69) is 16.0 Å². The van der Waals surface area contributed by atoms with Crippen molar-refractivity contribution < 1.29 is 14.3 Å². The summed E-state index contributed by atoms with van der Waals surface area (Å²) < 4.78 is 13.5. The molecule has 0 unspecified atom stereocenters. The first-order chi connectivity index (χ1) is 14.3. The van der Waals surface area contributed by atoms with Crippen molar-refractivity contribution in [1.82, 2.24) is 9.55 Å². The molecule has 1 amide bonds. The molecule has 6 nitrogen and oxygen atoms in total. The zero-order valence-corrected chi connectivity index (χ0v) is 16.4. The maximum atomic E-state index is 12.5. The van der Waals surface area contributed by atoms with Crippen molar-refractivity contribution in [2.45, 2.75) is 45.1 Å².